The average Bonchev–Trinajstić information content (AvgIpc) is 3.48. The van der Waals surface area contributed by atoms with Gasteiger partial charge in [0.25, 0.3) is 0 Å². The zero-order valence-corrected chi connectivity index (χ0v) is 21.7. The lowest BCUT2D eigenvalue weighted by molar-refractivity contribution is -0.126. The van der Waals surface area contributed by atoms with Crippen molar-refractivity contribution in [1.29, 1.82) is 5.41 Å². The zero-order valence-electron chi connectivity index (χ0n) is 21.7. The molecule has 0 atom stereocenters. The van der Waals surface area contributed by atoms with Crippen LogP contribution in [0.25, 0.3) is 10.9 Å². The van der Waals surface area contributed by atoms with Crippen molar-refractivity contribution in [2.24, 2.45) is 0 Å². The summed E-state index contributed by atoms with van der Waals surface area (Å²) in [7, 11) is 0. The quantitative estimate of drug-likeness (QED) is 0.171. The van der Waals surface area contributed by atoms with Crippen LogP contribution in [0.1, 0.15) is 17.0 Å². The van der Waals surface area contributed by atoms with Crippen molar-refractivity contribution in [2.75, 3.05) is 43.4 Å². The molecule has 2 aromatic carbocycles. The molecular formula is C28H30N8O3. The van der Waals surface area contributed by atoms with Crippen molar-refractivity contribution < 1.29 is 14.3 Å². The number of fused-ring (bicyclic) bond motifs is 1. The third-order valence-electron chi connectivity index (χ3n) is 6.62. The van der Waals surface area contributed by atoms with Gasteiger partial charge in [0.2, 0.25) is 5.91 Å². The monoisotopic (exact) mass is 526 g/mol. The van der Waals surface area contributed by atoms with Crippen molar-refractivity contribution in [3.05, 3.63) is 72.3 Å². The molecule has 0 bridgehead atoms. The van der Waals surface area contributed by atoms with E-state index in [1.165, 1.54) is 12.3 Å². The smallest absolute Gasteiger partial charge is 0.319 e. The Balaban J connectivity index is 1.53. The van der Waals surface area contributed by atoms with Gasteiger partial charge in [-0.3, -0.25) is 4.79 Å². The number of para-hydroxylation sites is 1. The summed E-state index contributed by atoms with van der Waals surface area (Å²) in [6, 6.07) is 9.47. The third-order valence-corrected chi connectivity index (χ3v) is 6.62. The summed E-state index contributed by atoms with van der Waals surface area (Å²) in [5.41, 5.74) is 8.49. The van der Waals surface area contributed by atoms with E-state index >= 15 is 0 Å². The molecule has 5 rings (SSSR count). The Morgan fingerprint density at radius 1 is 1.21 bits per heavy atom. The minimum atomic E-state index is -0.0839. The van der Waals surface area contributed by atoms with Gasteiger partial charge in [0.1, 0.15) is 22.9 Å². The van der Waals surface area contributed by atoms with Gasteiger partial charge in [0.15, 0.2) is 5.75 Å². The highest BCUT2D eigenvalue weighted by Gasteiger charge is 2.24. The summed E-state index contributed by atoms with van der Waals surface area (Å²) in [5, 5.41) is 8.65. The van der Waals surface area contributed by atoms with Crippen molar-refractivity contribution in [1.82, 2.24) is 24.8 Å². The van der Waals surface area contributed by atoms with Crippen molar-refractivity contribution in [3.63, 3.8) is 0 Å². The summed E-state index contributed by atoms with van der Waals surface area (Å²) in [6.07, 6.45) is 6.55. The molecule has 4 N–H and O–H groups in total. The van der Waals surface area contributed by atoms with Crippen LogP contribution < -0.4 is 20.1 Å². The van der Waals surface area contributed by atoms with E-state index in [4.69, 9.17) is 30.6 Å². The van der Waals surface area contributed by atoms with Gasteiger partial charge in [0.05, 0.1) is 12.2 Å². The fourth-order valence-electron chi connectivity index (χ4n) is 4.54. The first kappa shape index (κ1) is 25.7. The van der Waals surface area contributed by atoms with Crippen LogP contribution in [0.15, 0.2) is 55.4 Å². The molecule has 0 radical (unpaired) electrons. The predicted molar refractivity (Wildman–Crippen MR) is 150 cm³/mol. The number of hydrogen-bond donors (Lipinski definition) is 3. The Bertz CT molecular complexity index is 1510. The molecule has 11 heteroatoms. The molecule has 4 aromatic rings. The highest BCUT2D eigenvalue weighted by atomic mass is 16.5. The first-order chi connectivity index (χ1) is 19.0. The highest BCUT2D eigenvalue weighted by molar-refractivity contribution is 5.95. The molecule has 1 aliphatic heterocycles. The van der Waals surface area contributed by atoms with E-state index in [-0.39, 0.29) is 11.9 Å². The van der Waals surface area contributed by atoms with Crippen LogP contribution in [-0.2, 0) is 11.2 Å². The summed E-state index contributed by atoms with van der Waals surface area (Å²) < 4.78 is 12.4. The molecule has 1 fully saturated rings. The number of imidazole rings is 1. The Morgan fingerprint density at radius 2 is 2.03 bits per heavy atom. The van der Waals surface area contributed by atoms with Crippen molar-refractivity contribution >= 4 is 34.5 Å². The number of benzene rings is 2. The minimum absolute atomic E-state index is 0.0839. The molecule has 1 aliphatic rings. The van der Waals surface area contributed by atoms with Gasteiger partial charge in [0, 0.05) is 62.3 Å². The number of carbonyl (C=O) groups is 1. The summed E-state index contributed by atoms with van der Waals surface area (Å²) in [6.45, 7) is 8.11. The van der Waals surface area contributed by atoms with Crippen LogP contribution in [0.4, 0.5) is 11.5 Å². The van der Waals surface area contributed by atoms with Crippen LogP contribution >= 0.6 is 0 Å². The van der Waals surface area contributed by atoms with Gasteiger partial charge in [-0.2, -0.15) is 9.97 Å². The van der Waals surface area contributed by atoms with Gasteiger partial charge in [-0.1, -0.05) is 18.7 Å². The number of aromatic nitrogens is 4. The maximum atomic E-state index is 12.1. The summed E-state index contributed by atoms with van der Waals surface area (Å²) >= 11 is 0. The topological polar surface area (TPSA) is 146 Å². The lowest BCUT2D eigenvalue weighted by atomic mass is 10.1. The normalized spacial score (nSPS) is 13.4. The van der Waals surface area contributed by atoms with Gasteiger partial charge in [-0.25, -0.2) is 4.98 Å². The zero-order chi connectivity index (χ0) is 27.4. The van der Waals surface area contributed by atoms with Gasteiger partial charge >= 0.3 is 6.01 Å². The fraction of sp³-hybridized carbons (Fsp3) is 0.250. The Labute approximate surface area is 225 Å². The molecule has 1 amide bonds. The number of rotatable bonds is 9. The van der Waals surface area contributed by atoms with Crippen LogP contribution in [-0.4, -0.2) is 69.7 Å². The van der Waals surface area contributed by atoms with E-state index in [9.17, 15) is 4.79 Å². The third kappa shape index (κ3) is 5.37. The van der Waals surface area contributed by atoms with Crippen molar-refractivity contribution in [3.8, 4) is 17.5 Å². The SMILES string of the molecule is C=CC(=O)N1CCN(c2nc(OCCc3ncc[nH]3)nc3c(Oc4c(C)ccc(N)c4C=N)cccc23)CC1. The first-order valence-electron chi connectivity index (χ1n) is 12.6. The highest BCUT2D eigenvalue weighted by Crippen LogP contribution is 2.37. The van der Waals surface area contributed by atoms with Gasteiger partial charge in [-0.05, 0) is 36.8 Å². The van der Waals surface area contributed by atoms with E-state index in [0.717, 1.165) is 16.8 Å². The van der Waals surface area contributed by atoms with Crippen molar-refractivity contribution in [2.45, 2.75) is 13.3 Å². The molecule has 0 spiro atoms. The molecule has 2 aromatic heterocycles. The predicted octanol–water partition coefficient (Wildman–Crippen LogP) is 3.49. The number of nitrogens with one attached hydrogen (secondary N) is 2. The Kier molecular flexibility index (Phi) is 7.39. The first-order valence-corrected chi connectivity index (χ1v) is 12.6. The van der Waals surface area contributed by atoms with E-state index in [0.29, 0.717) is 73.3 Å². The number of carbonyl (C=O) groups excluding carboxylic acids is 1. The van der Waals surface area contributed by atoms with Crippen LogP contribution in [0.2, 0.25) is 0 Å². The number of aryl methyl sites for hydroxylation is 1. The maximum Gasteiger partial charge on any atom is 0.319 e. The molecule has 3 heterocycles. The van der Waals surface area contributed by atoms with E-state index in [2.05, 4.69) is 21.4 Å². The van der Waals surface area contributed by atoms with E-state index in [1.807, 2.05) is 31.2 Å². The number of hydrogen-bond acceptors (Lipinski definition) is 9. The number of nitrogen functional groups attached to an aromatic ring is 1. The molecule has 11 nitrogen and oxygen atoms in total. The van der Waals surface area contributed by atoms with Crippen LogP contribution in [0.5, 0.6) is 17.5 Å². The number of ether oxygens (including phenoxy) is 2. The number of nitrogens with zero attached hydrogens (tertiary/aromatic N) is 5. The molecule has 0 unspecified atom stereocenters. The number of H-pyrrole nitrogens is 1. The summed E-state index contributed by atoms with van der Waals surface area (Å²) in [4.78, 5) is 32.8. The van der Waals surface area contributed by atoms with Crippen LogP contribution in [0, 0.1) is 12.3 Å². The standard InChI is InChI=1S/C28H30N8O3/c1-3-24(37)35-12-14-36(15-13-35)27-19-5-4-6-22(39-26-18(2)7-8-21(30)20(26)17-29)25(19)33-28(34-27)38-16-9-23-31-10-11-32-23/h3-8,10-11,17,29H,1,9,12-16,30H2,2H3,(H,31,32). The second-order valence-electron chi connectivity index (χ2n) is 9.09. The van der Waals surface area contributed by atoms with Gasteiger partial charge < -0.3 is 35.4 Å². The van der Waals surface area contributed by atoms with E-state index < -0.39 is 0 Å². The molecule has 200 valence electrons. The molecule has 39 heavy (non-hydrogen) atoms. The second-order valence-corrected chi connectivity index (χ2v) is 9.09. The molecule has 1 saturated heterocycles. The lowest BCUT2D eigenvalue weighted by Gasteiger charge is -2.35. The van der Waals surface area contributed by atoms with Crippen LogP contribution in [0.3, 0.4) is 0 Å². The number of anilines is 2. The molecule has 0 saturated carbocycles. The lowest BCUT2D eigenvalue weighted by Crippen LogP contribution is -2.48. The Hall–Kier alpha value is -4.93. The number of aromatic amines is 1. The fourth-order valence-corrected chi connectivity index (χ4v) is 4.54. The number of amides is 1. The molecule has 0 aliphatic carbocycles. The Morgan fingerprint density at radius 3 is 2.74 bits per heavy atom. The largest absolute Gasteiger partial charge is 0.463 e. The average molecular weight is 527 g/mol. The van der Waals surface area contributed by atoms with E-state index in [1.54, 1.807) is 23.4 Å². The molecular weight excluding hydrogens is 496 g/mol. The number of piperazine rings is 1. The summed E-state index contributed by atoms with van der Waals surface area (Å²) in [5.74, 6) is 2.40. The maximum absolute atomic E-state index is 12.1. The number of nitrogens with two attached hydrogens (primary N) is 1. The second kappa shape index (κ2) is 11.2. The minimum Gasteiger partial charge on any atom is -0.463 e. The van der Waals surface area contributed by atoms with Gasteiger partial charge in [-0.15, -0.1) is 0 Å².